The molecule has 0 radical (unpaired) electrons. The van der Waals surface area contributed by atoms with Gasteiger partial charge >= 0.3 is 5.82 Å². The third-order valence-electron chi connectivity index (χ3n) is 1.13. The van der Waals surface area contributed by atoms with Gasteiger partial charge in [-0.2, -0.15) is 4.68 Å². The van der Waals surface area contributed by atoms with Gasteiger partial charge < -0.3 is 10.1 Å². The minimum absolute atomic E-state index is 0.135. The zero-order valence-electron chi connectivity index (χ0n) is 6.23. The number of halogens is 1. The average molecular weight is 252 g/mol. The standard InChI is InChI=1S/C5H6BrN3O2S/c1-12-3-8-2-4(6)5(7-8)9(10)11/h2H,3H2,1H3. The Balaban J connectivity index is 2.92. The van der Waals surface area contributed by atoms with Gasteiger partial charge in [-0.05, 0) is 27.1 Å². The van der Waals surface area contributed by atoms with Gasteiger partial charge in [-0.3, -0.25) is 0 Å². The number of hydrogen-bond acceptors (Lipinski definition) is 4. The Morgan fingerprint density at radius 3 is 3.00 bits per heavy atom. The Morgan fingerprint density at radius 2 is 2.58 bits per heavy atom. The maximum absolute atomic E-state index is 10.3. The van der Waals surface area contributed by atoms with Gasteiger partial charge in [0.2, 0.25) is 0 Å². The first-order chi connectivity index (χ1) is 5.65. The van der Waals surface area contributed by atoms with Crippen LogP contribution in [0, 0.1) is 10.1 Å². The first kappa shape index (κ1) is 9.53. The molecule has 66 valence electrons. The highest BCUT2D eigenvalue weighted by molar-refractivity contribution is 9.10. The second kappa shape index (κ2) is 3.90. The smallest absolute Gasteiger partial charge is 0.358 e. The van der Waals surface area contributed by atoms with Gasteiger partial charge in [0, 0.05) is 0 Å². The lowest BCUT2D eigenvalue weighted by Crippen LogP contribution is -1.96. The van der Waals surface area contributed by atoms with Gasteiger partial charge in [0.25, 0.3) is 0 Å². The third kappa shape index (κ3) is 1.98. The lowest BCUT2D eigenvalue weighted by atomic mass is 10.7. The van der Waals surface area contributed by atoms with Crippen molar-refractivity contribution in [1.29, 1.82) is 0 Å². The zero-order valence-corrected chi connectivity index (χ0v) is 8.63. The first-order valence-corrected chi connectivity index (χ1v) is 5.20. The predicted molar refractivity (Wildman–Crippen MR) is 50.1 cm³/mol. The van der Waals surface area contributed by atoms with Crippen molar-refractivity contribution >= 4 is 33.5 Å². The first-order valence-electron chi connectivity index (χ1n) is 3.01. The highest BCUT2D eigenvalue weighted by Crippen LogP contribution is 2.22. The van der Waals surface area contributed by atoms with Crippen LogP contribution in [0.5, 0.6) is 0 Å². The summed E-state index contributed by atoms with van der Waals surface area (Å²) in [5, 5.41) is 14.1. The van der Waals surface area contributed by atoms with Crippen LogP contribution in [0.4, 0.5) is 5.82 Å². The fourth-order valence-corrected chi connectivity index (χ4v) is 1.57. The van der Waals surface area contributed by atoms with Crippen molar-refractivity contribution in [3.05, 3.63) is 20.8 Å². The Hall–Kier alpha value is -0.560. The molecule has 5 nitrogen and oxygen atoms in total. The van der Waals surface area contributed by atoms with Crippen molar-refractivity contribution in [2.24, 2.45) is 0 Å². The molecule has 0 spiro atoms. The minimum atomic E-state index is -0.513. The summed E-state index contributed by atoms with van der Waals surface area (Å²) in [5.74, 6) is 0.482. The molecule has 0 unspecified atom stereocenters. The number of hydrogen-bond donors (Lipinski definition) is 0. The number of thioether (sulfide) groups is 1. The lowest BCUT2D eigenvalue weighted by molar-refractivity contribution is -0.390. The summed E-state index contributed by atoms with van der Waals surface area (Å²) >= 11 is 4.60. The van der Waals surface area contributed by atoms with E-state index in [1.165, 1.54) is 4.68 Å². The molecule has 0 saturated heterocycles. The summed E-state index contributed by atoms with van der Waals surface area (Å²) in [6, 6.07) is 0. The minimum Gasteiger partial charge on any atom is -0.358 e. The Kier molecular flexibility index (Phi) is 3.10. The van der Waals surface area contributed by atoms with E-state index in [0.717, 1.165) is 0 Å². The molecule has 12 heavy (non-hydrogen) atoms. The van der Waals surface area contributed by atoms with Crippen LogP contribution < -0.4 is 0 Å². The molecule has 0 saturated carbocycles. The SMILES string of the molecule is CSCn1cc(Br)c([N+](=O)[O-])n1. The van der Waals surface area contributed by atoms with Gasteiger partial charge in [-0.1, -0.05) is 0 Å². The second-order valence-electron chi connectivity index (χ2n) is 2.01. The molecule has 0 aliphatic rings. The molecule has 0 aromatic carbocycles. The van der Waals surface area contributed by atoms with E-state index in [4.69, 9.17) is 0 Å². The molecule has 1 rings (SSSR count). The van der Waals surface area contributed by atoms with Crippen LogP contribution in [0.3, 0.4) is 0 Å². The normalized spacial score (nSPS) is 10.2. The topological polar surface area (TPSA) is 61.0 Å². The van der Waals surface area contributed by atoms with Crippen LogP contribution >= 0.6 is 27.7 Å². The molecule has 0 aliphatic carbocycles. The van der Waals surface area contributed by atoms with Crippen molar-refractivity contribution < 1.29 is 4.92 Å². The fourth-order valence-electron chi connectivity index (χ4n) is 0.709. The molecule has 0 fully saturated rings. The van der Waals surface area contributed by atoms with Crippen LogP contribution in [0.25, 0.3) is 0 Å². The molecule has 0 amide bonds. The van der Waals surface area contributed by atoms with Crippen molar-refractivity contribution in [3.63, 3.8) is 0 Å². The highest BCUT2D eigenvalue weighted by Gasteiger charge is 2.17. The molecule has 1 aromatic rings. The molecule has 0 aliphatic heterocycles. The molecule has 1 heterocycles. The summed E-state index contributed by atoms with van der Waals surface area (Å²) in [4.78, 5) is 9.82. The van der Waals surface area contributed by atoms with Crippen molar-refractivity contribution in [2.75, 3.05) is 6.26 Å². The molecule has 1 aromatic heterocycles. The van der Waals surface area contributed by atoms with Crippen molar-refractivity contribution in [1.82, 2.24) is 9.78 Å². The molecule has 0 bridgehead atoms. The number of nitrogens with zero attached hydrogens (tertiary/aromatic N) is 3. The largest absolute Gasteiger partial charge is 0.404 e. The highest BCUT2D eigenvalue weighted by atomic mass is 79.9. The summed E-state index contributed by atoms with van der Waals surface area (Å²) in [7, 11) is 0. The van der Waals surface area contributed by atoms with E-state index in [1.807, 2.05) is 6.26 Å². The summed E-state index contributed by atoms with van der Waals surface area (Å²) in [6.07, 6.45) is 3.50. The second-order valence-corrected chi connectivity index (χ2v) is 3.70. The predicted octanol–water partition coefficient (Wildman–Crippen LogP) is 1.87. The van der Waals surface area contributed by atoms with Crippen LogP contribution in [-0.4, -0.2) is 21.0 Å². The molecular formula is C5H6BrN3O2S. The van der Waals surface area contributed by atoms with Crippen molar-refractivity contribution in [3.8, 4) is 0 Å². The number of aromatic nitrogens is 2. The Labute approximate surface area is 81.4 Å². The van der Waals surface area contributed by atoms with E-state index in [0.29, 0.717) is 10.3 Å². The van der Waals surface area contributed by atoms with Crippen LogP contribution in [0.1, 0.15) is 0 Å². The third-order valence-corrected chi connectivity index (χ3v) is 2.22. The van der Waals surface area contributed by atoms with Gasteiger partial charge in [0.15, 0.2) is 0 Å². The Morgan fingerprint density at radius 1 is 1.92 bits per heavy atom. The van der Waals surface area contributed by atoms with E-state index in [2.05, 4.69) is 21.0 Å². The van der Waals surface area contributed by atoms with Crippen molar-refractivity contribution in [2.45, 2.75) is 5.88 Å². The Bertz CT molecular complexity index is 301. The van der Waals surface area contributed by atoms with Crippen LogP contribution in [0.15, 0.2) is 10.7 Å². The van der Waals surface area contributed by atoms with Crippen LogP contribution in [-0.2, 0) is 5.88 Å². The molecular weight excluding hydrogens is 246 g/mol. The zero-order chi connectivity index (χ0) is 9.14. The number of rotatable bonds is 3. The molecule has 0 atom stereocenters. The van der Waals surface area contributed by atoms with E-state index >= 15 is 0 Å². The summed E-state index contributed by atoms with van der Waals surface area (Å²) < 4.78 is 1.94. The van der Waals surface area contributed by atoms with Crippen LogP contribution in [0.2, 0.25) is 0 Å². The quantitative estimate of drug-likeness (QED) is 0.608. The van der Waals surface area contributed by atoms with Gasteiger partial charge in [-0.15, -0.1) is 11.8 Å². The maximum Gasteiger partial charge on any atom is 0.404 e. The van der Waals surface area contributed by atoms with Gasteiger partial charge in [-0.25, -0.2) is 0 Å². The lowest BCUT2D eigenvalue weighted by Gasteiger charge is -1.88. The number of nitro groups is 1. The molecule has 0 N–H and O–H groups in total. The summed E-state index contributed by atoms with van der Waals surface area (Å²) in [5.41, 5.74) is 0. The average Bonchev–Trinajstić information content (AvgIpc) is 2.32. The van der Waals surface area contributed by atoms with E-state index in [9.17, 15) is 10.1 Å². The van der Waals surface area contributed by atoms with E-state index in [-0.39, 0.29) is 5.82 Å². The van der Waals surface area contributed by atoms with Gasteiger partial charge in [0.05, 0.1) is 11.3 Å². The monoisotopic (exact) mass is 251 g/mol. The molecule has 7 heteroatoms. The maximum atomic E-state index is 10.3. The van der Waals surface area contributed by atoms with Gasteiger partial charge in [0.1, 0.15) is 10.3 Å². The van der Waals surface area contributed by atoms with E-state index < -0.39 is 4.92 Å². The fraction of sp³-hybridized carbons (Fsp3) is 0.400. The summed E-state index contributed by atoms with van der Waals surface area (Å²) in [6.45, 7) is 0. The van der Waals surface area contributed by atoms with E-state index in [1.54, 1.807) is 18.0 Å².